The average molecular weight is 605 g/mol. The van der Waals surface area contributed by atoms with E-state index in [4.69, 9.17) is 29.2 Å². The Morgan fingerprint density at radius 3 is 1.82 bits per heavy atom. The molecule has 0 saturated heterocycles. The summed E-state index contributed by atoms with van der Waals surface area (Å²) in [4.78, 5) is 38.8. The van der Waals surface area contributed by atoms with Crippen LogP contribution in [0.2, 0.25) is 0 Å². The fraction of sp³-hybridized carbons (Fsp3) is 0.212. The van der Waals surface area contributed by atoms with Gasteiger partial charge in [0.05, 0.1) is 24.3 Å². The zero-order valence-electron chi connectivity index (χ0n) is 24.1. The van der Waals surface area contributed by atoms with Crippen molar-refractivity contribution in [2.75, 3.05) is 13.2 Å². The van der Waals surface area contributed by atoms with Gasteiger partial charge in [0.2, 0.25) is 0 Å². The molecule has 0 atom stereocenters. The third kappa shape index (κ3) is 9.20. The SMILES string of the molecule is CC(C)(COc1ccc(OOCc2ccccc2COO)cc1)COc1ccc(OC(=O)c2ccc(O)cc2C(=O)O)cc1. The zero-order valence-corrected chi connectivity index (χ0v) is 24.1. The summed E-state index contributed by atoms with van der Waals surface area (Å²) in [5, 5.41) is 27.5. The van der Waals surface area contributed by atoms with Gasteiger partial charge < -0.3 is 29.3 Å². The molecule has 4 aromatic carbocycles. The Kier molecular flexibility index (Phi) is 10.8. The van der Waals surface area contributed by atoms with Crippen molar-refractivity contribution in [1.29, 1.82) is 0 Å². The van der Waals surface area contributed by atoms with Gasteiger partial charge in [-0.25, -0.2) is 14.5 Å². The van der Waals surface area contributed by atoms with E-state index in [-0.39, 0.29) is 41.3 Å². The molecule has 0 unspecified atom stereocenters. The second-order valence-electron chi connectivity index (χ2n) is 10.5. The fourth-order valence-electron chi connectivity index (χ4n) is 3.91. The lowest BCUT2D eigenvalue weighted by molar-refractivity contribution is -0.253. The van der Waals surface area contributed by atoms with Crippen molar-refractivity contribution in [2.45, 2.75) is 27.1 Å². The molecule has 0 aromatic heterocycles. The van der Waals surface area contributed by atoms with Crippen molar-refractivity contribution >= 4 is 11.9 Å². The highest BCUT2D eigenvalue weighted by atomic mass is 17.2. The largest absolute Gasteiger partial charge is 0.508 e. The maximum absolute atomic E-state index is 12.5. The van der Waals surface area contributed by atoms with Crippen LogP contribution in [0.3, 0.4) is 0 Å². The highest BCUT2D eigenvalue weighted by molar-refractivity contribution is 6.03. The highest BCUT2D eigenvalue weighted by Crippen LogP contribution is 2.25. The molecule has 0 saturated carbocycles. The number of esters is 1. The van der Waals surface area contributed by atoms with Crippen LogP contribution in [-0.4, -0.2) is 40.6 Å². The minimum atomic E-state index is -1.36. The maximum atomic E-state index is 12.5. The van der Waals surface area contributed by atoms with Crippen LogP contribution in [0.1, 0.15) is 45.7 Å². The third-order valence-corrected chi connectivity index (χ3v) is 6.28. The second-order valence-corrected chi connectivity index (χ2v) is 10.5. The number of hydrogen-bond acceptors (Lipinski definition) is 10. The molecular weight excluding hydrogens is 572 g/mol. The number of carbonyl (C=O) groups is 2. The van der Waals surface area contributed by atoms with Gasteiger partial charge >= 0.3 is 11.9 Å². The molecule has 11 nitrogen and oxygen atoms in total. The molecule has 4 rings (SSSR count). The van der Waals surface area contributed by atoms with Crippen LogP contribution >= 0.6 is 0 Å². The Balaban J connectivity index is 1.21. The van der Waals surface area contributed by atoms with E-state index in [0.29, 0.717) is 30.5 Å². The predicted molar refractivity (Wildman–Crippen MR) is 157 cm³/mol. The molecule has 0 aliphatic carbocycles. The molecule has 0 heterocycles. The minimum absolute atomic E-state index is 0.0532. The van der Waals surface area contributed by atoms with Crippen molar-refractivity contribution in [3.8, 4) is 28.7 Å². The molecule has 44 heavy (non-hydrogen) atoms. The number of hydrogen-bond donors (Lipinski definition) is 3. The number of phenols is 1. The topological polar surface area (TPSA) is 150 Å². The molecule has 230 valence electrons. The van der Waals surface area contributed by atoms with Crippen LogP contribution < -0.4 is 19.1 Å². The van der Waals surface area contributed by atoms with Crippen LogP contribution in [0.5, 0.6) is 28.7 Å². The molecule has 3 N–H and O–H groups in total. The predicted octanol–water partition coefficient (Wildman–Crippen LogP) is 6.29. The molecule has 0 radical (unpaired) electrons. The van der Waals surface area contributed by atoms with E-state index in [1.165, 1.54) is 24.3 Å². The first-order chi connectivity index (χ1) is 21.1. The summed E-state index contributed by atoms with van der Waals surface area (Å²) >= 11 is 0. The van der Waals surface area contributed by atoms with Crippen LogP contribution in [0.15, 0.2) is 91.0 Å². The standard InChI is InChI=1S/C33H32O11/c1-33(2,21-40-26-10-14-28(15-11-26)44-42-19-23-6-4-3-5-22(23)18-41-38)20-39-25-8-12-27(13-9-25)43-32(37)29-16-7-24(34)17-30(29)31(35)36/h3-17,34,38H,18-21H2,1-2H3,(H,35,36). The van der Waals surface area contributed by atoms with Crippen LogP contribution in [0.25, 0.3) is 0 Å². The molecule has 0 aliphatic rings. The van der Waals surface area contributed by atoms with Crippen LogP contribution in [-0.2, 0) is 23.0 Å². The van der Waals surface area contributed by atoms with E-state index in [2.05, 4.69) is 4.89 Å². The van der Waals surface area contributed by atoms with Gasteiger partial charge in [0.15, 0.2) is 5.75 Å². The van der Waals surface area contributed by atoms with Gasteiger partial charge in [-0.3, -0.25) is 5.26 Å². The Morgan fingerprint density at radius 2 is 1.25 bits per heavy atom. The number of benzene rings is 4. The molecule has 0 bridgehead atoms. The van der Waals surface area contributed by atoms with E-state index in [0.717, 1.165) is 17.2 Å². The van der Waals surface area contributed by atoms with Crippen molar-refractivity contribution in [3.63, 3.8) is 0 Å². The minimum Gasteiger partial charge on any atom is -0.508 e. The van der Waals surface area contributed by atoms with Gasteiger partial charge in [0.25, 0.3) is 0 Å². The number of carboxylic acid groups (broad SMARTS) is 1. The lowest BCUT2D eigenvalue weighted by Crippen LogP contribution is -2.28. The monoisotopic (exact) mass is 604 g/mol. The van der Waals surface area contributed by atoms with E-state index in [1.54, 1.807) is 36.4 Å². The van der Waals surface area contributed by atoms with Crippen molar-refractivity contribution < 1.29 is 53.9 Å². The second kappa shape index (κ2) is 14.9. The fourth-order valence-corrected chi connectivity index (χ4v) is 3.91. The average Bonchev–Trinajstić information content (AvgIpc) is 3.01. The summed E-state index contributed by atoms with van der Waals surface area (Å²) in [7, 11) is 0. The Morgan fingerprint density at radius 1 is 0.705 bits per heavy atom. The number of aromatic hydroxyl groups is 1. The van der Waals surface area contributed by atoms with Crippen molar-refractivity contribution in [1.82, 2.24) is 0 Å². The van der Waals surface area contributed by atoms with E-state index < -0.39 is 11.9 Å². The summed E-state index contributed by atoms with van der Waals surface area (Å²) in [6.07, 6.45) is 0. The third-order valence-electron chi connectivity index (χ3n) is 6.28. The van der Waals surface area contributed by atoms with Gasteiger partial charge in [-0.1, -0.05) is 38.1 Å². The summed E-state index contributed by atoms with van der Waals surface area (Å²) in [5.74, 6) is -0.610. The van der Waals surface area contributed by atoms with Crippen LogP contribution in [0, 0.1) is 5.41 Å². The van der Waals surface area contributed by atoms with Gasteiger partial charge in [-0.2, -0.15) is 4.89 Å². The maximum Gasteiger partial charge on any atom is 0.344 e. The Bertz CT molecular complexity index is 1550. The summed E-state index contributed by atoms with van der Waals surface area (Å²) < 4.78 is 17.1. The summed E-state index contributed by atoms with van der Waals surface area (Å²) in [6.45, 7) is 4.91. The molecule has 0 aliphatic heterocycles. The Labute approximate surface area is 253 Å². The van der Waals surface area contributed by atoms with E-state index in [1.807, 2.05) is 38.1 Å². The number of carbonyl (C=O) groups excluding carboxylic acids is 1. The summed E-state index contributed by atoms with van der Waals surface area (Å²) in [5.41, 5.74) is 0.714. The van der Waals surface area contributed by atoms with Crippen molar-refractivity contribution in [2.24, 2.45) is 5.41 Å². The molecule has 0 fully saturated rings. The first kappa shape index (κ1) is 31.8. The quantitative estimate of drug-likeness (QED) is 0.0607. The zero-order chi connectivity index (χ0) is 31.5. The molecule has 0 amide bonds. The Hall–Kier alpha value is -5.10. The van der Waals surface area contributed by atoms with Gasteiger partial charge in [-0.15, -0.1) is 0 Å². The first-order valence-electron chi connectivity index (χ1n) is 13.5. The van der Waals surface area contributed by atoms with E-state index in [9.17, 15) is 19.8 Å². The highest BCUT2D eigenvalue weighted by Gasteiger charge is 2.21. The molecular formula is C33H32O11. The molecule has 4 aromatic rings. The lowest BCUT2D eigenvalue weighted by atomic mass is 9.96. The van der Waals surface area contributed by atoms with Crippen LogP contribution in [0.4, 0.5) is 0 Å². The molecule has 0 spiro atoms. The normalized spacial score (nSPS) is 11.1. The van der Waals surface area contributed by atoms with Gasteiger partial charge in [0, 0.05) is 5.41 Å². The molecule has 11 heteroatoms. The number of aromatic carboxylic acids is 1. The van der Waals surface area contributed by atoms with Gasteiger partial charge in [-0.05, 0) is 77.9 Å². The first-order valence-corrected chi connectivity index (χ1v) is 13.5. The van der Waals surface area contributed by atoms with Gasteiger partial charge in [0.1, 0.15) is 36.2 Å². The van der Waals surface area contributed by atoms with E-state index >= 15 is 0 Å². The smallest absolute Gasteiger partial charge is 0.344 e. The lowest BCUT2D eigenvalue weighted by Gasteiger charge is -2.25. The summed E-state index contributed by atoms with van der Waals surface area (Å²) in [6, 6.07) is 24.1. The number of ether oxygens (including phenoxy) is 3. The number of phenolic OH excluding ortho intramolecular Hbond substituents is 1. The number of rotatable bonds is 15. The van der Waals surface area contributed by atoms with Crippen molar-refractivity contribution in [3.05, 3.63) is 113 Å². The number of carboxylic acids is 1.